The summed E-state index contributed by atoms with van der Waals surface area (Å²) in [5.74, 6) is -0.320. The number of hydrogen-bond donors (Lipinski definition) is 3. The highest BCUT2D eigenvalue weighted by atomic mass is 16.2. The Morgan fingerprint density at radius 1 is 0.826 bits per heavy atom. The van der Waals surface area contributed by atoms with E-state index in [2.05, 4.69) is 15.6 Å². The normalized spacial score (nSPS) is 10.1. The smallest absolute Gasteiger partial charge is 0.255 e. The number of benzene rings is 2. The van der Waals surface area contributed by atoms with Gasteiger partial charge in [-0.1, -0.05) is 18.2 Å². The van der Waals surface area contributed by atoms with Crippen molar-refractivity contribution in [2.24, 2.45) is 0 Å². The van der Waals surface area contributed by atoms with Gasteiger partial charge in [-0.05, 0) is 42.5 Å². The number of aromatic nitrogens is 1. The highest BCUT2D eigenvalue weighted by Gasteiger charge is 2.06. The number of hydrogen-bond acceptors (Lipinski definition) is 3. The van der Waals surface area contributed by atoms with Crippen LogP contribution in [0.3, 0.4) is 0 Å². The second kappa shape index (κ2) is 6.62. The van der Waals surface area contributed by atoms with Crippen LogP contribution >= 0.6 is 0 Å². The quantitative estimate of drug-likeness (QED) is 0.692. The number of nitrogens with one attached hydrogen (secondary N) is 3. The van der Waals surface area contributed by atoms with Gasteiger partial charge in [0.25, 0.3) is 5.91 Å². The maximum Gasteiger partial charge on any atom is 0.255 e. The van der Waals surface area contributed by atoms with Crippen LogP contribution in [0.2, 0.25) is 0 Å². The third kappa shape index (κ3) is 3.85. The van der Waals surface area contributed by atoms with Crippen LogP contribution in [0.15, 0.2) is 77.7 Å². The summed E-state index contributed by atoms with van der Waals surface area (Å²) in [6.07, 6.45) is 1.45. The van der Waals surface area contributed by atoms with Gasteiger partial charge in [-0.3, -0.25) is 9.59 Å². The first kappa shape index (κ1) is 14.6. The third-order valence-corrected chi connectivity index (χ3v) is 3.24. The molecule has 0 saturated carbocycles. The second-order valence-corrected chi connectivity index (χ2v) is 4.96. The average Bonchev–Trinajstić information content (AvgIpc) is 2.57. The molecular formula is C18H15N3O2. The highest BCUT2D eigenvalue weighted by Crippen LogP contribution is 2.18. The van der Waals surface area contributed by atoms with Crippen molar-refractivity contribution >= 4 is 23.0 Å². The molecule has 114 valence electrons. The average molecular weight is 305 g/mol. The van der Waals surface area contributed by atoms with Crippen LogP contribution in [0.5, 0.6) is 0 Å². The molecule has 0 atom stereocenters. The topological polar surface area (TPSA) is 74.0 Å². The fraction of sp³-hybridized carbons (Fsp3) is 0. The third-order valence-electron chi connectivity index (χ3n) is 3.24. The van der Waals surface area contributed by atoms with E-state index < -0.39 is 0 Å². The zero-order valence-electron chi connectivity index (χ0n) is 12.2. The van der Waals surface area contributed by atoms with Gasteiger partial charge in [0.05, 0.1) is 0 Å². The van der Waals surface area contributed by atoms with Crippen LogP contribution in [0.1, 0.15) is 10.4 Å². The van der Waals surface area contributed by atoms with E-state index in [9.17, 15) is 9.59 Å². The first-order valence-corrected chi connectivity index (χ1v) is 7.13. The Balaban J connectivity index is 1.68. The number of aromatic amines is 1. The molecule has 5 heteroatoms. The number of anilines is 3. The lowest BCUT2D eigenvalue weighted by Crippen LogP contribution is -2.15. The van der Waals surface area contributed by atoms with Gasteiger partial charge < -0.3 is 15.6 Å². The SMILES string of the molecule is O=C(Nc1ccc(Nc2ccccc2)cc1)c1cc[nH]c(=O)c1. The van der Waals surface area contributed by atoms with Crippen molar-refractivity contribution in [2.45, 2.75) is 0 Å². The molecule has 2 aromatic carbocycles. The van der Waals surface area contributed by atoms with Crippen molar-refractivity contribution in [1.29, 1.82) is 0 Å². The molecule has 23 heavy (non-hydrogen) atoms. The molecule has 1 heterocycles. The van der Waals surface area contributed by atoms with E-state index in [0.29, 0.717) is 11.3 Å². The first-order chi connectivity index (χ1) is 11.2. The summed E-state index contributed by atoms with van der Waals surface area (Å²) in [5, 5.41) is 6.02. The number of carbonyl (C=O) groups is 1. The van der Waals surface area contributed by atoms with Crippen LogP contribution in [0.4, 0.5) is 17.1 Å². The molecule has 0 bridgehead atoms. The molecule has 0 unspecified atom stereocenters. The fourth-order valence-corrected chi connectivity index (χ4v) is 2.11. The zero-order valence-corrected chi connectivity index (χ0v) is 12.2. The van der Waals surface area contributed by atoms with E-state index >= 15 is 0 Å². The van der Waals surface area contributed by atoms with Gasteiger partial charge in [-0.15, -0.1) is 0 Å². The van der Waals surface area contributed by atoms with E-state index in [-0.39, 0.29) is 11.5 Å². The molecule has 0 radical (unpaired) electrons. The molecule has 1 aromatic heterocycles. The molecule has 0 spiro atoms. The Kier molecular flexibility index (Phi) is 4.20. The maximum absolute atomic E-state index is 12.1. The van der Waals surface area contributed by atoms with E-state index in [0.717, 1.165) is 11.4 Å². The molecule has 3 N–H and O–H groups in total. The summed E-state index contributed by atoms with van der Waals surface area (Å²) in [6, 6.07) is 20.0. The summed E-state index contributed by atoms with van der Waals surface area (Å²) in [4.78, 5) is 25.8. The largest absolute Gasteiger partial charge is 0.356 e. The lowest BCUT2D eigenvalue weighted by molar-refractivity contribution is 0.102. The monoisotopic (exact) mass is 305 g/mol. The van der Waals surface area contributed by atoms with Crippen molar-refractivity contribution in [3.05, 3.63) is 88.8 Å². The summed E-state index contributed by atoms with van der Waals surface area (Å²) in [5.41, 5.74) is 2.59. The van der Waals surface area contributed by atoms with Crippen LogP contribution in [0.25, 0.3) is 0 Å². The lowest BCUT2D eigenvalue weighted by Gasteiger charge is -2.08. The van der Waals surface area contributed by atoms with Gasteiger partial charge in [0.15, 0.2) is 0 Å². The number of rotatable bonds is 4. The van der Waals surface area contributed by atoms with Crippen molar-refractivity contribution in [3.63, 3.8) is 0 Å². The fourth-order valence-electron chi connectivity index (χ4n) is 2.11. The van der Waals surface area contributed by atoms with Crippen LogP contribution in [-0.2, 0) is 0 Å². The lowest BCUT2D eigenvalue weighted by atomic mass is 10.2. The number of carbonyl (C=O) groups excluding carboxylic acids is 1. The number of pyridine rings is 1. The predicted molar refractivity (Wildman–Crippen MR) is 91.2 cm³/mol. The van der Waals surface area contributed by atoms with Gasteiger partial charge in [0, 0.05) is 34.9 Å². The standard InChI is InChI=1S/C18H15N3O2/c22-17-12-13(10-11-19-17)18(23)21-16-8-6-15(7-9-16)20-14-4-2-1-3-5-14/h1-12,20H,(H,19,22)(H,21,23). The summed E-state index contributed by atoms with van der Waals surface area (Å²) in [6.45, 7) is 0. The van der Waals surface area contributed by atoms with Crippen molar-refractivity contribution in [1.82, 2.24) is 4.98 Å². The first-order valence-electron chi connectivity index (χ1n) is 7.13. The molecule has 1 amide bonds. The predicted octanol–water partition coefficient (Wildman–Crippen LogP) is 3.37. The number of H-pyrrole nitrogens is 1. The molecule has 5 nitrogen and oxygen atoms in total. The molecule has 3 aromatic rings. The molecule has 0 saturated heterocycles. The molecule has 0 aliphatic rings. The van der Waals surface area contributed by atoms with Gasteiger partial charge in [0.1, 0.15) is 0 Å². The summed E-state index contributed by atoms with van der Waals surface area (Å²) < 4.78 is 0. The second-order valence-electron chi connectivity index (χ2n) is 4.96. The number of amides is 1. The minimum absolute atomic E-state index is 0.306. The van der Waals surface area contributed by atoms with Crippen molar-refractivity contribution in [2.75, 3.05) is 10.6 Å². The zero-order chi connectivity index (χ0) is 16.1. The minimum Gasteiger partial charge on any atom is -0.356 e. The number of para-hydroxylation sites is 1. The van der Waals surface area contributed by atoms with Crippen molar-refractivity contribution < 1.29 is 4.79 Å². The minimum atomic E-state index is -0.320. The van der Waals surface area contributed by atoms with Crippen LogP contribution in [-0.4, -0.2) is 10.9 Å². The molecule has 0 fully saturated rings. The highest BCUT2D eigenvalue weighted by molar-refractivity contribution is 6.04. The van der Waals surface area contributed by atoms with E-state index in [1.165, 1.54) is 12.3 Å². The Morgan fingerprint density at radius 2 is 1.48 bits per heavy atom. The van der Waals surface area contributed by atoms with E-state index in [1.54, 1.807) is 18.2 Å². The molecule has 3 rings (SSSR count). The van der Waals surface area contributed by atoms with E-state index in [4.69, 9.17) is 0 Å². The van der Waals surface area contributed by atoms with Crippen molar-refractivity contribution in [3.8, 4) is 0 Å². The molecule has 0 aliphatic carbocycles. The van der Waals surface area contributed by atoms with Gasteiger partial charge >= 0.3 is 0 Å². The van der Waals surface area contributed by atoms with Gasteiger partial charge in [0.2, 0.25) is 5.56 Å². The van der Waals surface area contributed by atoms with Crippen LogP contribution < -0.4 is 16.2 Å². The molecular weight excluding hydrogens is 290 g/mol. The van der Waals surface area contributed by atoms with E-state index in [1.807, 2.05) is 42.5 Å². The Hall–Kier alpha value is -3.34. The maximum atomic E-state index is 12.1. The van der Waals surface area contributed by atoms with Crippen LogP contribution in [0, 0.1) is 0 Å². The Bertz CT molecular complexity index is 855. The Labute approximate surface area is 133 Å². The summed E-state index contributed by atoms with van der Waals surface area (Å²) >= 11 is 0. The Morgan fingerprint density at radius 3 is 2.17 bits per heavy atom. The van der Waals surface area contributed by atoms with Gasteiger partial charge in [-0.2, -0.15) is 0 Å². The van der Waals surface area contributed by atoms with Gasteiger partial charge in [-0.25, -0.2) is 0 Å². The summed E-state index contributed by atoms with van der Waals surface area (Å²) in [7, 11) is 0. The molecule has 0 aliphatic heterocycles.